The summed E-state index contributed by atoms with van der Waals surface area (Å²) in [5, 5.41) is 18.1. The molecule has 21 heavy (non-hydrogen) atoms. The standard InChI is InChI=1S/C12H21NS2.C2H2O4/c1-2-8-13-9-5-3-4-7-12-14-10-6-11-15-12;3-1(4)2(5)6/h12-13H,2,4,6-11H2,1H3;(H,3,4)(H,5,6). The number of hydrogen-bond acceptors (Lipinski definition) is 5. The maximum atomic E-state index is 9.10. The molecule has 1 rings (SSSR count). The van der Waals surface area contributed by atoms with Gasteiger partial charge >= 0.3 is 11.9 Å². The van der Waals surface area contributed by atoms with Crippen molar-refractivity contribution in [2.45, 2.75) is 37.2 Å². The zero-order valence-corrected chi connectivity index (χ0v) is 13.9. The van der Waals surface area contributed by atoms with Gasteiger partial charge in [-0.3, -0.25) is 0 Å². The molecular formula is C14H23NO4S2. The molecule has 0 aromatic heterocycles. The number of aliphatic carboxylic acids is 2. The van der Waals surface area contributed by atoms with Crippen molar-refractivity contribution in [1.82, 2.24) is 5.32 Å². The Morgan fingerprint density at radius 1 is 1.19 bits per heavy atom. The first-order valence-electron chi connectivity index (χ1n) is 6.93. The lowest BCUT2D eigenvalue weighted by Crippen LogP contribution is -2.14. The number of carbonyl (C=O) groups is 2. The first-order chi connectivity index (χ1) is 10.1. The molecule has 1 aliphatic heterocycles. The third kappa shape index (κ3) is 13.9. The minimum absolute atomic E-state index is 0.816. The Balaban J connectivity index is 0.000000567. The molecule has 0 atom stereocenters. The van der Waals surface area contributed by atoms with Crippen LogP contribution in [-0.2, 0) is 9.59 Å². The molecular weight excluding hydrogens is 310 g/mol. The molecule has 0 amide bonds. The van der Waals surface area contributed by atoms with Crippen molar-refractivity contribution in [2.24, 2.45) is 0 Å². The van der Waals surface area contributed by atoms with Crippen LogP contribution in [0.4, 0.5) is 0 Å². The zero-order valence-electron chi connectivity index (χ0n) is 12.3. The molecule has 0 aromatic carbocycles. The summed E-state index contributed by atoms with van der Waals surface area (Å²) in [4.78, 5) is 18.2. The second kappa shape index (κ2) is 14.1. The van der Waals surface area contributed by atoms with Gasteiger partial charge in [0, 0.05) is 6.42 Å². The first kappa shape index (κ1) is 20.2. The Kier molecular flexibility index (Phi) is 13.5. The number of rotatable bonds is 5. The molecule has 120 valence electrons. The van der Waals surface area contributed by atoms with Gasteiger partial charge in [0.2, 0.25) is 0 Å². The van der Waals surface area contributed by atoms with Gasteiger partial charge in [-0.2, -0.15) is 0 Å². The van der Waals surface area contributed by atoms with Gasteiger partial charge in [0.25, 0.3) is 0 Å². The van der Waals surface area contributed by atoms with Gasteiger partial charge in [-0.15, -0.1) is 29.4 Å². The van der Waals surface area contributed by atoms with Crippen LogP contribution in [-0.4, -0.2) is 51.3 Å². The van der Waals surface area contributed by atoms with Crippen molar-refractivity contribution in [2.75, 3.05) is 24.6 Å². The first-order valence-corrected chi connectivity index (χ1v) is 9.03. The second-order valence-corrected chi connectivity index (χ2v) is 7.12. The molecule has 1 heterocycles. The normalized spacial score (nSPS) is 14.3. The van der Waals surface area contributed by atoms with E-state index in [4.69, 9.17) is 19.8 Å². The summed E-state index contributed by atoms with van der Waals surface area (Å²) in [5.41, 5.74) is 0. The van der Waals surface area contributed by atoms with Crippen molar-refractivity contribution in [3.05, 3.63) is 0 Å². The Morgan fingerprint density at radius 3 is 2.33 bits per heavy atom. The summed E-state index contributed by atoms with van der Waals surface area (Å²) in [7, 11) is 0. The molecule has 1 saturated heterocycles. The molecule has 1 aliphatic rings. The third-order valence-corrected chi connectivity index (χ3v) is 5.43. The van der Waals surface area contributed by atoms with Crippen LogP contribution in [0.25, 0.3) is 0 Å². The molecule has 3 N–H and O–H groups in total. The monoisotopic (exact) mass is 333 g/mol. The van der Waals surface area contributed by atoms with Gasteiger partial charge in [0.05, 0.1) is 11.1 Å². The molecule has 0 saturated carbocycles. The second-order valence-electron chi connectivity index (χ2n) is 4.20. The third-order valence-electron chi connectivity index (χ3n) is 2.35. The van der Waals surface area contributed by atoms with Gasteiger partial charge in [-0.05, 0) is 37.3 Å². The molecule has 0 radical (unpaired) electrons. The van der Waals surface area contributed by atoms with E-state index in [0.29, 0.717) is 0 Å². The number of hydrogen-bond donors (Lipinski definition) is 3. The highest BCUT2D eigenvalue weighted by Crippen LogP contribution is 2.33. The Labute approximate surface area is 134 Å². The highest BCUT2D eigenvalue weighted by atomic mass is 32.2. The SMILES string of the molecule is CCCNCC#CCCC1SCCCS1.O=C(O)C(=O)O. The van der Waals surface area contributed by atoms with Crippen LogP contribution in [0.15, 0.2) is 0 Å². The number of nitrogens with one attached hydrogen (secondary N) is 1. The van der Waals surface area contributed by atoms with Crippen LogP contribution in [0.2, 0.25) is 0 Å². The number of carboxylic acids is 2. The highest BCUT2D eigenvalue weighted by molar-refractivity contribution is 8.17. The fourth-order valence-corrected chi connectivity index (χ4v) is 4.23. The molecule has 5 nitrogen and oxygen atoms in total. The number of carboxylic acid groups (broad SMARTS) is 2. The Bertz CT molecular complexity index is 348. The number of thioether (sulfide) groups is 2. The van der Waals surface area contributed by atoms with E-state index in [1.165, 1.54) is 30.8 Å². The van der Waals surface area contributed by atoms with E-state index in [-0.39, 0.29) is 0 Å². The molecule has 0 aromatic rings. The molecule has 0 spiro atoms. The van der Waals surface area contributed by atoms with Crippen LogP contribution in [0.5, 0.6) is 0 Å². The molecule has 0 unspecified atom stereocenters. The van der Waals surface area contributed by atoms with Gasteiger partial charge < -0.3 is 15.5 Å². The van der Waals surface area contributed by atoms with Crippen LogP contribution in [0, 0.1) is 11.8 Å². The van der Waals surface area contributed by atoms with Gasteiger partial charge in [-0.25, -0.2) is 9.59 Å². The van der Waals surface area contributed by atoms with Crippen molar-refractivity contribution >= 4 is 35.5 Å². The summed E-state index contributed by atoms with van der Waals surface area (Å²) in [5.74, 6) is 5.49. The van der Waals surface area contributed by atoms with E-state index in [2.05, 4.69) is 47.6 Å². The molecule has 7 heteroatoms. The summed E-state index contributed by atoms with van der Waals surface area (Å²) in [6.07, 6.45) is 4.91. The van der Waals surface area contributed by atoms with E-state index >= 15 is 0 Å². The van der Waals surface area contributed by atoms with E-state index in [1.807, 2.05) is 0 Å². The van der Waals surface area contributed by atoms with E-state index in [1.54, 1.807) is 0 Å². The van der Waals surface area contributed by atoms with Gasteiger partial charge in [0.1, 0.15) is 0 Å². The maximum Gasteiger partial charge on any atom is 0.414 e. The largest absolute Gasteiger partial charge is 0.473 e. The van der Waals surface area contributed by atoms with Crippen molar-refractivity contribution in [3.8, 4) is 11.8 Å². The van der Waals surface area contributed by atoms with Crippen molar-refractivity contribution in [3.63, 3.8) is 0 Å². The minimum atomic E-state index is -1.82. The smallest absolute Gasteiger partial charge is 0.414 e. The van der Waals surface area contributed by atoms with E-state index < -0.39 is 11.9 Å². The fraction of sp³-hybridized carbons (Fsp3) is 0.714. The van der Waals surface area contributed by atoms with Crippen LogP contribution in [0.3, 0.4) is 0 Å². The lowest BCUT2D eigenvalue weighted by atomic mass is 10.3. The average molecular weight is 333 g/mol. The van der Waals surface area contributed by atoms with E-state index in [0.717, 1.165) is 24.1 Å². The topological polar surface area (TPSA) is 86.6 Å². The quantitative estimate of drug-likeness (QED) is 0.403. The van der Waals surface area contributed by atoms with Crippen molar-refractivity contribution in [1.29, 1.82) is 0 Å². The summed E-state index contributed by atoms with van der Waals surface area (Å²) >= 11 is 4.23. The lowest BCUT2D eigenvalue weighted by Gasteiger charge is -2.19. The van der Waals surface area contributed by atoms with E-state index in [9.17, 15) is 0 Å². The zero-order chi connectivity index (χ0) is 15.9. The van der Waals surface area contributed by atoms with Crippen LogP contribution >= 0.6 is 23.5 Å². The van der Waals surface area contributed by atoms with Crippen LogP contribution in [0.1, 0.15) is 32.6 Å². The fourth-order valence-electron chi connectivity index (χ4n) is 1.37. The molecule has 0 bridgehead atoms. The van der Waals surface area contributed by atoms with Gasteiger partial charge in [0.15, 0.2) is 0 Å². The highest BCUT2D eigenvalue weighted by Gasteiger charge is 2.12. The molecule has 0 aliphatic carbocycles. The predicted molar refractivity (Wildman–Crippen MR) is 88.8 cm³/mol. The Hall–Kier alpha value is -0.840. The summed E-state index contributed by atoms with van der Waals surface area (Å²) in [6.45, 7) is 4.12. The maximum absolute atomic E-state index is 9.10. The van der Waals surface area contributed by atoms with Crippen LogP contribution < -0.4 is 5.32 Å². The summed E-state index contributed by atoms with van der Waals surface area (Å²) < 4.78 is 0.816. The molecule has 1 fully saturated rings. The van der Waals surface area contributed by atoms with Crippen molar-refractivity contribution < 1.29 is 19.8 Å². The average Bonchev–Trinajstić information content (AvgIpc) is 2.48. The summed E-state index contributed by atoms with van der Waals surface area (Å²) in [6, 6.07) is 0. The minimum Gasteiger partial charge on any atom is -0.473 e. The predicted octanol–water partition coefficient (Wildman–Crippen LogP) is 2.12. The Morgan fingerprint density at radius 2 is 1.81 bits per heavy atom. The lowest BCUT2D eigenvalue weighted by molar-refractivity contribution is -0.159. The van der Waals surface area contributed by atoms with Gasteiger partial charge in [-0.1, -0.05) is 12.8 Å².